The number of nitrogens with zero attached hydrogens (tertiary/aromatic N) is 5. The lowest BCUT2D eigenvalue weighted by molar-refractivity contribution is -0.131. The lowest BCUT2D eigenvalue weighted by Gasteiger charge is -2.26. The number of ether oxygens (including phenoxy) is 1. The lowest BCUT2D eigenvalue weighted by Crippen LogP contribution is -2.57. The summed E-state index contributed by atoms with van der Waals surface area (Å²) in [5.41, 5.74) is 1.64. The van der Waals surface area contributed by atoms with Gasteiger partial charge in [0.2, 0.25) is 11.8 Å². The molecule has 0 fully saturated rings. The molecule has 0 unspecified atom stereocenters. The number of aliphatic hydroxyl groups excluding tert-OH is 1. The van der Waals surface area contributed by atoms with Gasteiger partial charge in [0.05, 0.1) is 29.1 Å². The van der Waals surface area contributed by atoms with E-state index in [9.17, 15) is 24.3 Å². The van der Waals surface area contributed by atoms with Gasteiger partial charge in [-0.05, 0) is 51.3 Å². The van der Waals surface area contributed by atoms with E-state index in [1.165, 1.54) is 19.1 Å². The third-order valence-corrected chi connectivity index (χ3v) is 8.11. The molecule has 0 saturated carbocycles. The van der Waals surface area contributed by atoms with Gasteiger partial charge in [-0.25, -0.2) is 0 Å². The van der Waals surface area contributed by atoms with Gasteiger partial charge in [-0.3, -0.25) is 23.9 Å². The molecule has 5 rings (SSSR count). The van der Waals surface area contributed by atoms with Gasteiger partial charge < -0.3 is 35.2 Å². The molecule has 4 bridgehead atoms. The Balaban J connectivity index is 1.59. The van der Waals surface area contributed by atoms with Crippen LogP contribution >= 0.6 is 11.6 Å². The summed E-state index contributed by atoms with van der Waals surface area (Å²) in [7, 11) is 0. The van der Waals surface area contributed by atoms with Crippen LogP contribution in [0.25, 0.3) is 0 Å². The zero-order valence-corrected chi connectivity index (χ0v) is 28.5. The summed E-state index contributed by atoms with van der Waals surface area (Å²) < 4.78 is 12.7. The number of aryl methyl sites for hydroxylation is 3. The zero-order chi connectivity index (χ0) is 35.0. The van der Waals surface area contributed by atoms with Gasteiger partial charge in [0.15, 0.2) is 0 Å². The van der Waals surface area contributed by atoms with Crippen molar-refractivity contribution in [2.24, 2.45) is 5.92 Å². The summed E-state index contributed by atoms with van der Waals surface area (Å²) in [6.07, 6.45) is 1.79. The molecule has 3 atom stereocenters. The smallest absolute Gasteiger partial charge is 0.259 e. The second-order valence-electron chi connectivity index (χ2n) is 12.2. The van der Waals surface area contributed by atoms with Crippen LogP contribution in [0, 0.1) is 19.8 Å². The standard InChI is InChI=1S/C32H43ClN8O7/c1-18(2)15-25-30(44)34-10-13-40(32(46)27-19(3)38-48-21(27)5)12-9-23-17-41(39-37-23)11-6-14-47-26-8-7-22(16-24(26)33)29(43)36-28(20(4)42)31(45)35-25/h7-8,16-18,20,25,28,42H,6,9-15H2,1-5H3,(H,34,44)(H,35,45)(H,36,43)/t20-,25-,28+/m1/s1. The summed E-state index contributed by atoms with van der Waals surface area (Å²) in [4.78, 5) is 55.1. The Hall–Kier alpha value is -4.50. The number of amides is 4. The number of halogens is 1. The second-order valence-corrected chi connectivity index (χ2v) is 12.6. The molecular weight excluding hydrogens is 644 g/mol. The molecule has 0 saturated heterocycles. The maximum absolute atomic E-state index is 13.6. The molecule has 3 aromatic rings. The van der Waals surface area contributed by atoms with Gasteiger partial charge in [-0.15, -0.1) is 5.10 Å². The summed E-state index contributed by atoms with van der Waals surface area (Å²) in [5, 5.41) is 31.0. The first-order valence-corrected chi connectivity index (χ1v) is 16.3. The van der Waals surface area contributed by atoms with Crippen LogP contribution in [0.15, 0.2) is 28.9 Å². The van der Waals surface area contributed by atoms with E-state index in [4.69, 9.17) is 20.9 Å². The molecule has 48 heavy (non-hydrogen) atoms. The van der Waals surface area contributed by atoms with E-state index in [0.29, 0.717) is 54.5 Å². The first-order chi connectivity index (χ1) is 22.8. The average Bonchev–Trinajstić information content (AvgIpc) is 3.63. The van der Waals surface area contributed by atoms with Crippen molar-refractivity contribution in [3.05, 3.63) is 57.7 Å². The number of hydrogen-bond acceptors (Lipinski definition) is 10. The normalized spacial score (nSPS) is 19.6. The lowest BCUT2D eigenvalue weighted by atomic mass is 10.0. The second kappa shape index (κ2) is 16.6. The van der Waals surface area contributed by atoms with E-state index in [-0.39, 0.29) is 48.5 Å². The van der Waals surface area contributed by atoms with E-state index < -0.39 is 35.9 Å². The minimum absolute atomic E-state index is 0.0152. The maximum Gasteiger partial charge on any atom is 0.259 e. The molecule has 4 heterocycles. The van der Waals surface area contributed by atoms with Crippen LogP contribution in [0.2, 0.25) is 5.02 Å². The Morgan fingerprint density at radius 1 is 1.10 bits per heavy atom. The van der Waals surface area contributed by atoms with Crippen molar-refractivity contribution < 1.29 is 33.5 Å². The Bertz CT molecular complexity index is 1580. The molecule has 1 aromatic carbocycles. The number of aromatic nitrogens is 4. The van der Waals surface area contributed by atoms with Crippen molar-refractivity contribution >= 4 is 35.2 Å². The van der Waals surface area contributed by atoms with Crippen LogP contribution in [-0.2, 0) is 22.6 Å². The van der Waals surface area contributed by atoms with E-state index in [1.54, 1.807) is 35.7 Å². The highest BCUT2D eigenvalue weighted by atomic mass is 35.5. The van der Waals surface area contributed by atoms with Crippen molar-refractivity contribution in [1.82, 2.24) is 41.0 Å². The number of nitrogens with one attached hydrogen (secondary N) is 3. The predicted molar refractivity (Wildman–Crippen MR) is 175 cm³/mol. The number of carbonyl (C=O) groups excluding carboxylic acids is 4. The monoisotopic (exact) mass is 686 g/mol. The van der Waals surface area contributed by atoms with E-state index in [0.717, 1.165) is 0 Å². The molecule has 0 spiro atoms. The fourth-order valence-corrected chi connectivity index (χ4v) is 5.51. The molecule has 4 N–H and O–H groups in total. The number of benzene rings is 1. The third-order valence-electron chi connectivity index (χ3n) is 7.81. The molecule has 4 amide bonds. The van der Waals surface area contributed by atoms with Crippen LogP contribution in [-0.4, -0.2) is 98.2 Å². The van der Waals surface area contributed by atoms with Crippen LogP contribution < -0.4 is 20.7 Å². The summed E-state index contributed by atoms with van der Waals surface area (Å²) >= 11 is 6.40. The van der Waals surface area contributed by atoms with Crippen molar-refractivity contribution in [3.63, 3.8) is 0 Å². The molecule has 2 aromatic heterocycles. The van der Waals surface area contributed by atoms with Crippen LogP contribution in [0.1, 0.15) is 71.5 Å². The molecular formula is C32H43ClN8O7. The van der Waals surface area contributed by atoms with Crippen LogP contribution in [0.5, 0.6) is 5.75 Å². The first kappa shape index (κ1) is 36.3. The number of aliphatic hydroxyl groups is 1. The SMILES string of the molecule is Cc1noc(C)c1C(=O)N1CCNC(=O)[C@@H](CC(C)C)NC(=O)[C@H]([C@@H](C)O)NC(=O)c2ccc(c(Cl)c2)OCCCn2cc(nn2)CC1. The Kier molecular flexibility index (Phi) is 12.5. The molecule has 0 aliphatic carbocycles. The molecule has 15 nitrogen and oxygen atoms in total. The maximum atomic E-state index is 13.6. The van der Waals surface area contributed by atoms with Crippen molar-refractivity contribution in [3.8, 4) is 5.75 Å². The van der Waals surface area contributed by atoms with Gasteiger partial charge in [0.25, 0.3) is 11.8 Å². The number of fused-ring (bicyclic) bond motifs is 17. The summed E-state index contributed by atoms with van der Waals surface area (Å²) in [6.45, 7) is 9.85. The number of rotatable bonds is 4. The fourth-order valence-electron chi connectivity index (χ4n) is 5.27. The van der Waals surface area contributed by atoms with Gasteiger partial charge in [-0.2, -0.15) is 0 Å². The van der Waals surface area contributed by atoms with E-state index >= 15 is 0 Å². The largest absolute Gasteiger partial charge is 0.492 e. The van der Waals surface area contributed by atoms with Crippen LogP contribution in [0.3, 0.4) is 0 Å². The molecule has 2 aliphatic rings. The minimum Gasteiger partial charge on any atom is -0.492 e. The van der Waals surface area contributed by atoms with Crippen molar-refractivity contribution in [2.45, 2.75) is 78.6 Å². The Morgan fingerprint density at radius 3 is 2.54 bits per heavy atom. The highest BCUT2D eigenvalue weighted by molar-refractivity contribution is 6.32. The van der Waals surface area contributed by atoms with E-state index in [2.05, 4.69) is 31.4 Å². The quantitative estimate of drug-likeness (QED) is 0.294. The first-order valence-electron chi connectivity index (χ1n) is 15.9. The number of carbonyl (C=O) groups is 4. The minimum atomic E-state index is -1.36. The van der Waals surface area contributed by atoms with Gasteiger partial charge >= 0.3 is 0 Å². The van der Waals surface area contributed by atoms with Crippen molar-refractivity contribution in [1.29, 1.82) is 0 Å². The number of hydrogen-bond donors (Lipinski definition) is 4. The zero-order valence-electron chi connectivity index (χ0n) is 27.8. The third kappa shape index (κ3) is 9.53. The summed E-state index contributed by atoms with van der Waals surface area (Å²) in [5.74, 6) is -1.39. The topological polar surface area (TPSA) is 194 Å². The van der Waals surface area contributed by atoms with E-state index in [1.807, 2.05) is 13.8 Å². The van der Waals surface area contributed by atoms with Gasteiger partial charge in [0, 0.05) is 50.8 Å². The highest BCUT2D eigenvalue weighted by Gasteiger charge is 2.31. The van der Waals surface area contributed by atoms with Crippen LogP contribution in [0.4, 0.5) is 0 Å². The molecule has 16 heteroatoms. The Labute approximate surface area is 283 Å². The van der Waals surface area contributed by atoms with Gasteiger partial charge in [-0.1, -0.05) is 35.8 Å². The molecule has 2 aliphatic heterocycles. The predicted octanol–water partition coefficient (Wildman–Crippen LogP) is 1.83. The average molecular weight is 687 g/mol. The summed E-state index contributed by atoms with van der Waals surface area (Å²) in [6, 6.07) is 2.14. The molecule has 0 radical (unpaired) electrons. The fraction of sp³-hybridized carbons (Fsp3) is 0.531. The van der Waals surface area contributed by atoms with Gasteiger partial charge in [0.1, 0.15) is 29.2 Å². The van der Waals surface area contributed by atoms with Crippen molar-refractivity contribution in [2.75, 3.05) is 26.2 Å². The molecule has 260 valence electrons. The highest BCUT2D eigenvalue weighted by Crippen LogP contribution is 2.26. The Morgan fingerprint density at radius 2 is 1.88 bits per heavy atom.